The minimum Gasteiger partial charge on any atom is -0.481 e. The van der Waals surface area contributed by atoms with E-state index in [9.17, 15) is 35.9 Å². The Labute approximate surface area is 314 Å². The first-order valence-corrected chi connectivity index (χ1v) is 18.3. The molecule has 0 unspecified atom stereocenters. The van der Waals surface area contributed by atoms with E-state index in [4.69, 9.17) is 14.6 Å². The van der Waals surface area contributed by atoms with Gasteiger partial charge in [-0.3, -0.25) is 14.6 Å². The van der Waals surface area contributed by atoms with Crippen molar-refractivity contribution in [2.45, 2.75) is 76.9 Å². The van der Waals surface area contributed by atoms with Gasteiger partial charge in [-0.05, 0) is 73.9 Å². The minimum absolute atomic E-state index is 0.00270. The lowest BCUT2D eigenvalue weighted by molar-refractivity contribution is -0.143. The summed E-state index contributed by atoms with van der Waals surface area (Å²) in [5.41, 5.74) is -0.470. The molecule has 3 aliphatic heterocycles. The number of morpholine rings is 1. The zero-order valence-electron chi connectivity index (χ0n) is 30.6. The van der Waals surface area contributed by atoms with Gasteiger partial charge in [0.05, 0.1) is 54.2 Å². The molecule has 6 rings (SSSR count). The number of likely N-dealkylation sites (tertiary alicyclic amines) is 1. The first-order valence-electron chi connectivity index (χ1n) is 18.3. The molecule has 3 aliphatic rings. The van der Waals surface area contributed by atoms with E-state index in [-0.39, 0.29) is 43.1 Å². The number of carbonyl (C=O) groups is 2. The number of halogens is 6. The third-order valence-electron chi connectivity index (χ3n) is 10.5. The molecule has 1 amide bonds. The van der Waals surface area contributed by atoms with Crippen molar-refractivity contribution in [3.05, 3.63) is 76.6 Å². The van der Waals surface area contributed by atoms with Gasteiger partial charge in [0.15, 0.2) is 0 Å². The zero-order chi connectivity index (χ0) is 39.5. The number of carbonyl (C=O) groups excluding carboxylic acids is 1. The number of fused-ring (bicyclic) bond motifs is 1. The van der Waals surface area contributed by atoms with Crippen molar-refractivity contribution in [1.82, 2.24) is 14.9 Å². The number of anilines is 3. The molecule has 2 aromatic carbocycles. The summed E-state index contributed by atoms with van der Waals surface area (Å²) in [6.07, 6.45) is -5.40. The van der Waals surface area contributed by atoms with Gasteiger partial charge in [0.2, 0.25) is 5.95 Å². The van der Waals surface area contributed by atoms with Crippen molar-refractivity contribution >= 4 is 29.4 Å². The van der Waals surface area contributed by atoms with E-state index in [2.05, 4.69) is 9.97 Å². The van der Waals surface area contributed by atoms with Crippen LogP contribution in [0.4, 0.5) is 48.5 Å². The fourth-order valence-corrected chi connectivity index (χ4v) is 7.60. The maximum Gasteiger partial charge on any atom is 0.416 e. The van der Waals surface area contributed by atoms with E-state index >= 15 is 0 Å². The van der Waals surface area contributed by atoms with Gasteiger partial charge in [0, 0.05) is 45.2 Å². The summed E-state index contributed by atoms with van der Waals surface area (Å²) >= 11 is 0. The summed E-state index contributed by atoms with van der Waals surface area (Å²) in [6, 6.07) is 5.84. The number of carboxylic acids is 1. The molecule has 0 bridgehead atoms. The molecule has 0 radical (unpaired) electrons. The second-order valence-corrected chi connectivity index (χ2v) is 14.3. The van der Waals surface area contributed by atoms with Crippen LogP contribution in [0.1, 0.15) is 72.9 Å². The second kappa shape index (κ2) is 16.6. The summed E-state index contributed by atoms with van der Waals surface area (Å²) in [5.74, 6) is -0.692. The van der Waals surface area contributed by atoms with Crippen molar-refractivity contribution in [3.63, 3.8) is 0 Å². The Morgan fingerprint density at radius 3 is 2.16 bits per heavy atom. The number of aryl methyl sites for hydroxylation is 1. The Morgan fingerprint density at radius 2 is 1.58 bits per heavy atom. The smallest absolute Gasteiger partial charge is 0.416 e. The highest BCUT2D eigenvalue weighted by Crippen LogP contribution is 2.45. The number of hydrogen-bond acceptors (Lipinski definition) is 9. The van der Waals surface area contributed by atoms with Crippen molar-refractivity contribution < 1.29 is 50.5 Å². The van der Waals surface area contributed by atoms with Gasteiger partial charge in [-0.25, -0.2) is 14.8 Å². The van der Waals surface area contributed by atoms with Crippen LogP contribution in [-0.4, -0.2) is 84.2 Å². The minimum atomic E-state index is -5.03. The number of benzene rings is 2. The fraction of sp³-hybridized carbons (Fsp3) is 0.526. The van der Waals surface area contributed by atoms with Crippen molar-refractivity contribution in [1.29, 1.82) is 0 Å². The first-order chi connectivity index (χ1) is 26.1. The maximum absolute atomic E-state index is 14.0. The fourth-order valence-electron chi connectivity index (χ4n) is 7.60. The van der Waals surface area contributed by atoms with Crippen molar-refractivity contribution in [2.75, 3.05) is 60.8 Å². The lowest BCUT2D eigenvalue weighted by Gasteiger charge is -2.44. The van der Waals surface area contributed by atoms with Gasteiger partial charge < -0.3 is 24.4 Å². The van der Waals surface area contributed by atoms with Gasteiger partial charge in [-0.1, -0.05) is 24.6 Å². The Kier molecular flexibility index (Phi) is 12.1. The van der Waals surface area contributed by atoms with Crippen LogP contribution < -0.4 is 14.7 Å². The molecule has 3 aromatic rings. The van der Waals surface area contributed by atoms with E-state index in [1.165, 1.54) is 0 Å². The largest absolute Gasteiger partial charge is 0.481 e. The number of aromatic nitrogens is 2. The number of alkyl halides is 6. The lowest BCUT2D eigenvalue weighted by Crippen LogP contribution is -2.49. The van der Waals surface area contributed by atoms with Crippen LogP contribution in [0.25, 0.3) is 0 Å². The predicted molar refractivity (Wildman–Crippen MR) is 191 cm³/mol. The maximum atomic E-state index is 14.0. The summed E-state index contributed by atoms with van der Waals surface area (Å²) in [4.78, 5) is 41.4. The Morgan fingerprint density at radius 1 is 0.945 bits per heavy atom. The summed E-state index contributed by atoms with van der Waals surface area (Å²) in [5, 5.41) is 9.14. The molecular formula is C38H44F6N6O5. The molecular weight excluding hydrogens is 734 g/mol. The molecule has 4 heterocycles. The van der Waals surface area contributed by atoms with Crippen LogP contribution in [0.3, 0.4) is 0 Å². The van der Waals surface area contributed by atoms with Gasteiger partial charge in [-0.2, -0.15) is 26.3 Å². The van der Waals surface area contributed by atoms with Crippen molar-refractivity contribution in [2.24, 2.45) is 5.92 Å². The molecule has 2 atom stereocenters. The van der Waals surface area contributed by atoms with Crippen molar-refractivity contribution in [3.8, 4) is 0 Å². The van der Waals surface area contributed by atoms with E-state index in [0.29, 0.717) is 75.6 Å². The quantitative estimate of drug-likeness (QED) is 0.206. The molecule has 0 aliphatic carbocycles. The van der Waals surface area contributed by atoms with Gasteiger partial charge >= 0.3 is 24.4 Å². The molecule has 0 spiro atoms. The van der Waals surface area contributed by atoms with Crippen LogP contribution in [0.15, 0.2) is 48.8 Å². The predicted octanol–water partition coefficient (Wildman–Crippen LogP) is 7.68. The molecule has 0 saturated carbocycles. The summed E-state index contributed by atoms with van der Waals surface area (Å²) in [6.45, 7) is 6.69. The highest BCUT2D eigenvalue weighted by atomic mass is 19.4. The SMILES string of the molecule is CC[C@@H]1C[C@H](N(Cc2cc(C(F)(F)F)cc(C(F)(F)F)c2)c2ncc(N3CCOCC3)cn2)c2cc(C)ccc2N1C(=O)OCN1CCC(CC(=O)O)CC1. The number of rotatable bonds is 10. The number of piperidine rings is 1. The molecule has 1 aromatic heterocycles. The van der Waals surface area contributed by atoms with Gasteiger partial charge in [0.25, 0.3) is 0 Å². The van der Waals surface area contributed by atoms with E-state index < -0.39 is 54.2 Å². The monoisotopic (exact) mass is 778 g/mol. The third-order valence-corrected chi connectivity index (χ3v) is 10.5. The average Bonchev–Trinajstić information content (AvgIpc) is 3.15. The number of nitrogens with zero attached hydrogens (tertiary/aromatic N) is 6. The van der Waals surface area contributed by atoms with Crippen LogP contribution in [-0.2, 0) is 33.2 Å². The van der Waals surface area contributed by atoms with Gasteiger partial charge in [-0.15, -0.1) is 0 Å². The molecule has 55 heavy (non-hydrogen) atoms. The number of carboxylic acid groups (broad SMARTS) is 1. The molecule has 17 heteroatoms. The number of ether oxygens (including phenoxy) is 2. The Balaban J connectivity index is 1.35. The normalized spacial score (nSPS) is 19.9. The van der Waals surface area contributed by atoms with E-state index in [1.807, 2.05) is 35.8 Å². The lowest BCUT2D eigenvalue weighted by atomic mass is 9.87. The van der Waals surface area contributed by atoms with Crippen LogP contribution in [0.5, 0.6) is 0 Å². The Bertz CT molecular complexity index is 1780. The van der Waals surface area contributed by atoms with Crippen LogP contribution in [0.2, 0.25) is 0 Å². The number of amides is 1. The van der Waals surface area contributed by atoms with Crippen LogP contribution >= 0.6 is 0 Å². The topological polar surface area (TPSA) is 112 Å². The van der Waals surface area contributed by atoms with E-state index in [0.717, 1.165) is 17.7 Å². The summed E-state index contributed by atoms with van der Waals surface area (Å²) < 4.78 is 95.1. The molecule has 1 N–H and O–H groups in total. The first kappa shape index (κ1) is 40.0. The second-order valence-electron chi connectivity index (χ2n) is 14.3. The number of aliphatic carboxylic acids is 1. The highest BCUT2D eigenvalue weighted by molar-refractivity contribution is 5.90. The molecule has 11 nitrogen and oxygen atoms in total. The van der Waals surface area contributed by atoms with Crippen LogP contribution in [0, 0.1) is 12.8 Å². The average molecular weight is 779 g/mol. The standard InChI is InChI=1S/C38H44F6N6O5/c1-3-29-19-33(31-14-24(2)4-5-32(31)50(29)36(53)55-23-47-8-6-25(7-9-47)17-34(51)52)49(35-45-20-30(21-46-35)48-10-12-54-13-11-48)22-26-15-27(37(39,40)41)18-28(16-26)38(42,43)44/h4-5,14-16,18,20-21,25,29,33H,3,6-13,17,19,22-23H2,1-2H3,(H,51,52)/t29-,33+/m1/s1. The van der Waals surface area contributed by atoms with E-state index in [1.54, 1.807) is 28.3 Å². The number of hydrogen-bond donors (Lipinski definition) is 1. The summed E-state index contributed by atoms with van der Waals surface area (Å²) in [7, 11) is 0. The zero-order valence-corrected chi connectivity index (χ0v) is 30.6. The molecule has 2 fully saturated rings. The van der Waals surface area contributed by atoms with Gasteiger partial charge in [0.1, 0.15) is 6.73 Å². The Hall–Kier alpha value is -4.64. The highest BCUT2D eigenvalue weighted by Gasteiger charge is 2.41. The molecule has 298 valence electrons. The molecule has 2 saturated heterocycles. The third kappa shape index (κ3) is 9.61.